The lowest BCUT2D eigenvalue weighted by atomic mass is 10.1. The first kappa shape index (κ1) is 24.3. The van der Waals surface area contributed by atoms with Crippen molar-refractivity contribution in [2.24, 2.45) is 0 Å². The molecule has 0 fully saturated rings. The molecule has 0 radical (unpaired) electrons. The molecule has 0 aliphatic heterocycles. The first-order valence-corrected chi connectivity index (χ1v) is 12.0. The quantitative estimate of drug-likeness (QED) is 0.467. The lowest BCUT2D eigenvalue weighted by molar-refractivity contribution is -0.130. The van der Waals surface area contributed by atoms with E-state index in [1.807, 2.05) is 31.2 Å². The number of carbonyl (C=O) groups is 1. The number of sulfonamides is 1. The summed E-state index contributed by atoms with van der Waals surface area (Å²) in [6.07, 6.45) is 1.17. The van der Waals surface area contributed by atoms with Crippen LogP contribution in [-0.2, 0) is 21.4 Å². The summed E-state index contributed by atoms with van der Waals surface area (Å²) in [5, 5.41) is 3.93. The summed E-state index contributed by atoms with van der Waals surface area (Å²) in [7, 11) is -2.18. The second-order valence-corrected chi connectivity index (χ2v) is 9.57. The van der Waals surface area contributed by atoms with Gasteiger partial charge in [-0.15, -0.1) is 0 Å². The van der Waals surface area contributed by atoms with E-state index in [4.69, 9.17) is 4.52 Å². The Hall–Kier alpha value is -3.34. The molecule has 8 nitrogen and oxygen atoms in total. The smallest absolute Gasteiger partial charge is 0.246 e. The van der Waals surface area contributed by atoms with Crippen LogP contribution < -0.4 is 4.31 Å². The van der Waals surface area contributed by atoms with Gasteiger partial charge in [0, 0.05) is 31.6 Å². The van der Waals surface area contributed by atoms with Gasteiger partial charge in [0.2, 0.25) is 27.6 Å². The minimum Gasteiger partial charge on any atom is -0.337 e. The largest absolute Gasteiger partial charge is 0.337 e. The van der Waals surface area contributed by atoms with Gasteiger partial charge in [-0.25, -0.2) is 17.2 Å². The summed E-state index contributed by atoms with van der Waals surface area (Å²) in [6.45, 7) is 2.00. The topological polar surface area (TPSA) is 96.6 Å². The van der Waals surface area contributed by atoms with Gasteiger partial charge in [0.15, 0.2) is 11.6 Å². The Morgan fingerprint density at radius 3 is 2.42 bits per heavy atom. The molecule has 0 atom stereocenters. The summed E-state index contributed by atoms with van der Waals surface area (Å²) < 4.78 is 57.1. The predicted octanol–water partition coefficient (Wildman–Crippen LogP) is 3.53. The third-order valence-corrected chi connectivity index (χ3v) is 6.11. The van der Waals surface area contributed by atoms with Crippen molar-refractivity contribution < 1.29 is 26.5 Å². The zero-order chi connectivity index (χ0) is 24.2. The van der Waals surface area contributed by atoms with Gasteiger partial charge in [-0.2, -0.15) is 4.98 Å². The van der Waals surface area contributed by atoms with Crippen molar-refractivity contribution in [2.75, 3.05) is 24.2 Å². The minimum absolute atomic E-state index is 0.00769. The highest BCUT2D eigenvalue weighted by Crippen LogP contribution is 2.21. The van der Waals surface area contributed by atoms with E-state index >= 15 is 0 Å². The number of aromatic nitrogens is 2. The van der Waals surface area contributed by atoms with Crippen molar-refractivity contribution in [3.63, 3.8) is 0 Å². The number of amides is 1. The van der Waals surface area contributed by atoms with Crippen LogP contribution in [0.5, 0.6) is 0 Å². The van der Waals surface area contributed by atoms with Crippen LogP contribution in [0.2, 0.25) is 0 Å². The highest BCUT2D eigenvalue weighted by molar-refractivity contribution is 7.92. The Bertz CT molecular complexity index is 1230. The molecule has 11 heteroatoms. The van der Waals surface area contributed by atoms with Crippen molar-refractivity contribution in [3.8, 4) is 11.4 Å². The Morgan fingerprint density at radius 1 is 1.09 bits per heavy atom. The second kappa shape index (κ2) is 10.1. The van der Waals surface area contributed by atoms with Crippen LogP contribution in [0.15, 0.2) is 47.0 Å². The molecule has 176 valence electrons. The molecule has 0 spiro atoms. The molecule has 0 unspecified atom stereocenters. The number of benzene rings is 2. The van der Waals surface area contributed by atoms with Crippen molar-refractivity contribution in [3.05, 3.63) is 65.6 Å². The van der Waals surface area contributed by atoms with Crippen LogP contribution in [0.1, 0.15) is 24.3 Å². The predicted molar refractivity (Wildman–Crippen MR) is 119 cm³/mol. The van der Waals surface area contributed by atoms with Gasteiger partial charge in [-0.3, -0.25) is 9.10 Å². The SMILES string of the molecule is Cc1ccc(-c2noc(CN(C)C(=O)CCCN(c3ccc(F)c(F)c3)S(C)(=O)=O)n2)cc1. The standard InChI is InChI=1S/C22H24F2N4O4S/c1-15-6-8-16(9-7-15)22-25-20(32-26-22)14-27(2)21(29)5-4-12-28(33(3,30)31)17-10-11-18(23)19(24)13-17/h6-11,13H,4-5,12,14H2,1-3H3. The molecule has 1 heterocycles. The van der Waals surface area contributed by atoms with Crippen molar-refractivity contribution >= 4 is 21.6 Å². The van der Waals surface area contributed by atoms with Crippen LogP contribution in [0.25, 0.3) is 11.4 Å². The number of rotatable bonds is 9. The monoisotopic (exact) mass is 478 g/mol. The third kappa shape index (κ3) is 6.35. The van der Waals surface area contributed by atoms with E-state index in [0.29, 0.717) is 5.82 Å². The van der Waals surface area contributed by atoms with E-state index in [1.165, 1.54) is 11.0 Å². The van der Waals surface area contributed by atoms with Gasteiger partial charge in [-0.05, 0) is 25.5 Å². The molecular formula is C22H24F2N4O4S. The summed E-state index contributed by atoms with van der Waals surface area (Å²) in [4.78, 5) is 18.2. The molecule has 0 aliphatic carbocycles. The van der Waals surface area contributed by atoms with Gasteiger partial charge in [0.1, 0.15) is 0 Å². The first-order chi connectivity index (χ1) is 15.5. The number of halogens is 2. The van der Waals surface area contributed by atoms with Crippen LogP contribution >= 0.6 is 0 Å². The van der Waals surface area contributed by atoms with Crippen LogP contribution in [0, 0.1) is 18.6 Å². The van der Waals surface area contributed by atoms with Gasteiger partial charge in [0.05, 0.1) is 18.5 Å². The lowest BCUT2D eigenvalue weighted by Crippen LogP contribution is -2.32. The molecule has 0 N–H and O–H groups in total. The molecule has 3 aromatic rings. The number of anilines is 1. The third-order valence-electron chi connectivity index (χ3n) is 4.92. The van der Waals surface area contributed by atoms with E-state index in [0.717, 1.165) is 33.8 Å². The van der Waals surface area contributed by atoms with E-state index in [1.54, 1.807) is 7.05 Å². The summed E-state index contributed by atoms with van der Waals surface area (Å²) in [6, 6.07) is 10.5. The maximum absolute atomic E-state index is 13.5. The van der Waals surface area contributed by atoms with E-state index in [2.05, 4.69) is 10.1 Å². The molecule has 33 heavy (non-hydrogen) atoms. The Balaban J connectivity index is 1.57. The first-order valence-electron chi connectivity index (χ1n) is 10.1. The van der Waals surface area contributed by atoms with Crippen LogP contribution in [-0.4, -0.2) is 49.2 Å². The molecular weight excluding hydrogens is 454 g/mol. The van der Waals surface area contributed by atoms with Crippen molar-refractivity contribution in [1.29, 1.82) is 0 Å². The molecule has 0 saturated carbocycles. The van der Waals surface area contributed by atoms with E-state index in [9.17, 15) is 22.0 Å². The fourth-order valence-corrected chi connectivity index (χ4v) is 4.08. The maximum atomic E-state index is 13.5. The van der Waals surface area contributed by atoms with Gasteiger partial charge in [-0.1, -0.05) is 35.0 Å². The number of carbonyl (C=O) groups excluding carboxylic acids is 1. The highest BCUT2D eigenvalue weighted by Gasteiger charge is 2.20. The number of nitrogens with zero attached hydrogens (tertiary/aromatic N) is 4. The molecule has 0 aliphatic rings. The van der Waals surface area contributed by atoms with E-state index < -0.39 is 21.7 Å². The van der Waals surface area contributed by atoms with Gasteiger partial charge in [0.25, 0.3) is 0 Å². The maximum Gasteiger partial charge on any atom is 0.246 e. The Kier molecular flexibility index (Phi) is 7.42. The normalized spacial score (nSPS) is 11.4. The second-order valence-electron chi connectivity index (χ2n) is 7.66. The zero-order valence-corrected chi connectivity index (χ0v) is 19.3. The molecule has 3 rings (SSSR count). The summed E-state index contributed by atoms with van der Waals surface area (Å²) >= 11 is 0. The summed E-state index contributed by atoms with van der Waals surface area (Å²) in [5.41, 5.74) is 1.89. The fraction of sp³-hybridized carbons (Fsp3) is 0.318. The van der Waals surface area contributed by atoms with Crippen molar-refractivity contribution in [2.45, 2.75) is 26.3 Å². The number of aryl methyl sites for hydroxylation is 1. The molecule has 0 saturated heterocycles. The van der Waals surface area contributed by atoms with E-state index in [-0.39, 0.29) is 43.4 Å². The zero-order valence-electron chi connectivity index (χ0n) is 18.5. The number of hydrogen-bond donors (Lipinski definition) is 0. The molecule has 1 aromatic heterocycles. The molecule has 0 bridgehead atoms. The fourth-order valence-electron chi connectivity index (χ4n) is 3.12. The minimum atomic E-state index is -3.75. The Morgan fingerprint density at radius 2 is 1.79 bits per heavy atom. The summed E-state index contributed by atoms with van der Waals surface area (Å²) in [5.74, 6) is -1.80. The molecule has 2 aromatic carbocycles. The number of hydrogen-bond acceptors (Lipinski definition) is 6. The lowest BCUT2D eigenvalue weighted by Gasteiger charge is -2.23. The average Bonchev–Trinajstić information content (AvgIpc) is 3.21. The molecule has 1 amide bonds. The average molecular weight is 479 g/mol. The van der Waals surface area contributed by atoms with Gasteiger partial charge < -0.3 is 9.42 Å². The van der Waals surface area contributed by atoms with Crippen molar-refractivity contribution in [1.82, 2.24) is 15.0 Å². The Labute approximate surface area is 190 Å². The van der Waals surface area contributed by atoms with Gasteiger partial charge >= 0.3 is 0 Å². The van der Waals surface area contributed by atoms with Crippen LogP contribution in [0.4, 0.5) is 14.5 Å². The highest BCUT2D eigenvalue weighted by atomic mass is 32.2. The van der Waals surface area contributed by atoms with Crippen LogP contribution in [0.3, 0.4) is 0 Å².